The number of benzene rings is 1. The molecule has 3 heteroatoms. The van der Waals surface area contributed by atoms with E-state index in [9.17, 15) is 4.79 Å². The normalized spacial score (nSPS) is 22.9. The van der Waals surface area contributed by atoms with Crippen molar-refractivity contribution in [3.8, 4) is 5.75 Å². The number of carbonyl (C=O) groups is 1. The third-order valence-corrected chi connectivity index (χ3v) is 3.92. The molecule has 0 N–H and O–H groups in total. The minimum Gasteiger partial charge on any atom is -0.467 e. The number of carbonyl (C=O) groups excluding carboxylic acids is 1. The molecule has 2 rings (SSSR count). The second-order valence-corrected chi connectivity index (χ2v) is 5.28. The summed E-state index contributed by atoms with van der Waals surface area (Å²) >= 11 is 0. The van der Waals surface area contributed by atoms with Crippen LogP contribution in [-0.4, -0.2) is 19.7 Å². The SMILES string of the molecule is C=C1C(=O)CCC1(C)c1ccc(C)cc1OCOC. The maximum absolute atomic E-state index is 11.8. The Kier molecular flexibility index (Phi) is 3.76. The minimum atomic E-state index is -0.326. The fourth-order valence-corrected chi connectivity index (χ4v) is 2.60. The molecule has 1 fully saturated rings. The Hall–Kier alpha value is -1.61. The molecule has 0 spiro atoms. The van der Waals surface area contributed by atoms with Crippen LogP contribution in [0.3, 0.4) is 0 Å². The van der Waals surface area contributed by atoms with E-state index >= 15 is 0 Å². The van der Waals surface area contributed by atoms with Crippen molar-refractivity contribution in [2.24, 2.45) is 0 Å². The Morgan fingerprint density at radius 3 is 2.74 bits per heavy atom. The summed E-state index contributed by atoms with van der Waals surface area (Å²) in [5.41, 5.74) is 2.49. The van der Waals surface area contributed by atoms with E-state index in [1.54, 1.807) is 7.11 Å². The smallest absolute Gasteiger partial charge is 0.188 e. The van der Waals surface area contributed by atoms with Crippen LogP contribution in [0.15, 0.2) is 30.4 Å². The van der Waals surface area contributed by atoms with E-state index in [1.807, 2.05) is 25.1 Å². The highest BCUT2D eigenvalue weighted by molar-refractivity contribution is 6.00. The van der Waals surface area contributed by atoms with Crippen LogP contribution in [0.4, 0.5) is 0 Å². The van der Waals surface area contributed by atoms with Gasteiger partial charge in [0.1, 0.15) is 5.75 Å². The molecule has 1 unspecified atom stereocenters. The van der Waals surface area contributed by atoms with Gasteiger partial charge in [-0.15, -0.1) is 0 Å². The summed E-state index contributed by atoms with van der Waals surface area (Å²) in [6, 6.07) is 6.05. The van der Waals surface area contributed by atoms with Crippen molar-refractivity contribution in [2.45, 2.75) is 32.1 Å². The van der Waals surface area contributed by atoms with Gasteiger partial charge in [0.05, 0.1) is 0 Å². The largest absolute Gasteiger partial charge is 0.467 e. The lowest BCUT2D eigenvalue weighted by Crippen LogP contribution is -2.22. The summed E-state index contributed by atoms with van der Waals surface area (Å²) in [4.78, 5) is 11.8. The first-order valence-corrected chi connectivity index (χ1v) is 6.44. The maximum atomic E-state index is 11.8. The first kappa shape index (κ1) is 13.8. The van der Waals surface area contributed by atoms with Crippen molar-refractivity contribution < 1.29 is 14.3 Å². The molecule has 102 valence electrons. The molecule has 0 aliphatic heterocycles. The molecule has 0 aromatic heterocycles. The second kappa shape index (κ2) is 5.17. The highest BCUT2D eigenvalue weighted by Crippen LogP contribution is 2.45. The van der Waals surface area contributed by atoms with Crippen LogP contribution in [0, 0.1) is 6.92 Å². The van der Waals surface area contributed by atoms with Gasteiger partial charge in [-0.2, -0.15) is 0 Å². The Labute approximate surface area is 114 Å². The number of rotatable bonds is 4. The summed E-state index contributed by atoms with van der Waals surface area (Å²) in [6.07, 6.45) is 1.35. The van der Waals surface area contributed by atoms with Crippen molar-refractivity contribution >= 4 is 5.78 Å². The van der Waals surface area contributed by atoms with Crippen molar-refractivity contribution in [2.75, 3.05) is 13.9 Å². The second-order valence-electron chi connectivity index (χ2n) is 5.28. The molecule has 0 bridgehead atoms. The fraction of sp³-hybridized carbons (Fsp3) is 0.438. The molecule has 19 heavy (non-hydrogen) atoms. The van der Waals surface area contributed by atoms with Crippen LogP contribution in [0.25, 0.3) is 0 Å². The summed E-state index contributed by atoms with van der Waals surface area (Å²) in [5.74, 6) is 0.931. The maximum Gasteiger partial charge on any atom is 0.188 e. The molecule has 1 saturated carbocycles. The quantitative estimate of drug-likeness (QED) is 0.616. The molecule has 0 amide bonds. The molecule has 0 radical (unpaired) electrons. The molecule has 3 nitrogen and oxygen atoms in total. The molecular formula is C16H20O3. The molecule has 1 atom stereocenters. The monoisotopic (exact) mass is 260 g/mol. The Balaban J connectivity index is 2.44. The van der Waals surface area contributed by atoms with E-state index in [0.29, 0.717) is 12.0 Å². The van der Waals surface area contributed by atoms with Crippen molar-refractivity contribution in [1.29, 1.82) is 0 Å². The van der Waals surface area contributed by atoms with Gasteiger partial charge < -0.3 is 9.47 Å². The predicted molar refractivity (Wildman–Crippen MR) is 74.4 cm³/mol. The molecule has 1 aliphatic carbocycles. The molecule has 1 aliphatic rings. The number of hydrogen-bond acceptors (Lipinski definition) is 3. The summed E-state index contributed by atoms with van der Waals surface area (Å²) in [7, 11) is 1.59. The van der Waals surface area contributed by atoms with Gasteiger partial charge in [0, 0.05) is 24.5 Å². The van der Waals surface area contributed by atoms with E-state index in [0.717, 1.165) is 23.3 Å². The third kappa shape index (κ3) is 2.43. The average Bonchev–Trinajstić information content (AvgIpc) is 2.65. The fourth-order valence-electron chi connectivity index (χ4n) is 2.60. The standard InChI is InChI=1S/C16H20O3/c1-11-5-6-13(15(9-11)19-10-18-4)16(3)8-7-14(17)12(16)2/h5-6,9H,2,7-8,10H2,1,3-4H3. The predicted octanol–water partition coefficient (Wildman–Crippen LogP) is 3.15. The zero-order valence-corrected chi connectivity index (χ0v) is 11.8. The number of Topliss-reactive ketones (excluding diaryl/α,β-unsaturated/α-hetero) is 1. The summed E-state index contributed by atoms with van der Waals surface area (Å²) in [5, 5.41) is 0. The highest BCUT2D eigenvalue weighted by atomic mass is 16.7. The van der Waals surface area contributed by atoms with E-state index in [1.165, 1.54) is 0 Å². The Bertz CT molecular complexity index is 519. The topological polar surface area (TPSA) is 35.5 Å². The van der Waals surface area contributed by atoms with Gasteiger partial charge in [0.25, 0.3) is 0 Å². The zero-order chi connectivity index (χ0) is 14.0. The lowest BCUT2D eigenvalue weighted by molar-refractivity contribution is -0.114. The van der Waals surface area contributed by atoms with Gasteiger partial charge in [-0.25, -0.2) is 0 Å². The van der Waals surface area contributed by atoms with Crippen molar-refractivity contribution in [3.63, 3.8) is 0 Å². The minimum absolute atomic E-state index is 0.153. The van der Waals surface area contributed by atoms with Crippen LogP contribution in [-0.2, 0) is 14.9 Å². The van der Waals surface area contributed by atoms with Gasteiger partial charge in [0.15, 0.2) is 12.6 Å². The van der Waals surface area contributed by atoms with Crippen molar-refractivity contribution in [1.82, 2.24) is 0 Å². The van der Waals surface area contributed by atoms with Gasteiger partial charge in [-0.3, -0.25) is 4.79 Å². The van der Waals surface area contributed by atoms with Crippen LogP contribution in [0.1, 0.15) is 30.9 Å². The van der Waals surface area contributed by atoms with Crippen LogP contribution in [0.2, 0.25) is 0 Å². The number of ether oxygens (including phenoxy) is 2. The summed E-state index contributed by atoms with van der Waals surface area (Å²) < 4.78 is 10.6. The number of ketones is 1. The van der Waals surface area contributed by atoms with E-state index in [2.05, 4.69) is 13.5 Å². The van der Waals surface area contributed by atoms with E-state index < -0.39 is 0 Å². The number of allylic oxidation sites excluding steroid dienone is 1. The molecule has 0 heterocycles. The zero-order valence-electron chi connectivity index (χ0n) is 11.8. The lowest BCUT2D eigenvalue weighted by Gasteiger charge is -2.27. The van der Waals surface area contributed by atoms with Crippen LogP contribution >= 0.6 is 0 Å². The van der Waals surface area contributed by atoms with Crippen LogP contribution < -0.4 is 4.74 Å². The first-order valence-electron chi connectivity index (χ1n) is 6.44. The molecule has 0 saturated heterocycles. The first-order chi connectivity index (χ1) is 8.99. The van der Waals surface area contributed by atoms with Gasteiger partial charge in [-0.05, 0) is 30.5 Å². The average molecular weight is 260 g/mol. The number of methoxy groups -OCH3 is 1. The lowest BCUT2D eigenvalue weighted by atomic mass is 9.77. The Morgan fingerprint density at radius 2 is 2.16 bits per heavy atom. The number of aryl methyl sites for hydroxylation is 1. The molecule has 1 aromatic rings. The number of hydrogen-bond donors (Lipinski definition) is 0. The van der Waals surface area contributed by atoms with Crippen molar-refractivity contribution in [3.05, 3.63) is 41.5 Å². The highest BCUT2D eigenvalue weighted by Gasteiger charge is 2.41. The molecular weight excluding hydrogens is 240 g/mol. The van der Waals surface area contributed by atoms with Gasteiger partial charge >= 0.3 is 0 Å². The van der Waals surface area contributed by atoms with Gasteiger partial charge in [-0.1, -0.05) is 25.6 Å². The summed E-state index contributed by atoms with van der Waals surface area (Å²) in [6.45, 7) is 8.25. The third-order valence-electron chi connectivity index (χ3n) is 3.92. The van der Waals surface area contributed by atoms with E-state index in [-0.39, 0.29) is 18.0 Å². The van der Waals surface area contributed by atoms with Crippen LogP contribution in [0.5, 0.6) is 5.75 Å². The molecule has 1 aromatic carbocycles. The Morgan fingerprint density at radius 1 is 1.42 bits per heavy atom. The van der Waals surface area contributed by atoms with E-state index in [4.69, 9.17) is 9.47 Å². The van der Waals surface area contributed by atoms with Gasteiger partial charge in [0.2, 0.25) is 0 Å².